The molecule has 0 aliphatic carbocycles. The maximum absolute atomic E-state index is 12.2. The van der Waals surface area contributed by atoms with Gasteiger partial charge < -0.3 is 20.1 Å². The fourth-order valence-corrected chi connectivity index (χ4v) is 3.72. The number of amides is 2. The van der Waals surface area contributed by atoms with Crippen LogP contribution in [0.4, 0.5) is 11.4 Å². The van der Waals surface area contributed by atoms with Crippen molar-refractivity contribution in [1.82, 2.24) is 0 Å². The van der Waals surface area contributed by atoms with Gasteiger partial charge in [-0.25, -0.2) is 0 Å². The lowest BCUT2D eigenvalue weighted by Crippen LogP contribution is -2.13. The van der Waals surface area contributed by atoms with Crippen molar-refractivity contribution >= 4 is 23.2 Å². The standard InChI is InChI=1S/C30H44N2O4/c1-3-5-7-11-23-35-27-19-15-25(16-20-27)31-29(33)13-9-10-14-30(34)32-26-17-21-28(22-18-26)36-24-12-8-6-4-2/h15-22H,3-14,23-24H2,1-2H3,(H,31,33)(H,32,34). The molecule has 2 amide bonds. The molecule has 0 aromatic heterocycles. The number of rotatable bonds is 19. The van der Waals surface area contributed by atoms with Crippen LogP contribution < -0.4 is 20.1 Å². The topological polar surface area (TPSA) is 76.7 Å². The molecule has 6 heteroatoms. The molecule has 0 aliphatic rings. The van der Waals surface area contributed by atoms with Gasteiger partial charge in [-0.2, -0.15) is 0 Å². The third-order valence-corrected chi connectivity index (χ3v) is 5.87. The summed E-state index contributed by atoms with van der Waals surface area (Å²) < 4.78 is 11.5. The summed E-state index contributed by atoms with van der Waals surface area (Å²) in [6.07, 6.45) is 11.5. The average Bonchev–Trinajstić information content (AvgIpc) is 2.88. The van der Waals surface area contributed by atoms with Crippen LogP contribution in [0.25, 0.3) is 0 Å². The molecule has 0 heterocycles. The Hall–Kier alpha value is -3.02. The minimum Gasteiger partial charge on any atom is -0.494 e. The number of carbonyl (C=O) groups excluding carboxylic acids is 2. The maximum atomic E-state index is 12.2. The first kappa shape index (κ1) is 29.2. The van der Waals surface area contributed by atoms with E-state index in [0.717, 1.165) is 48.9 Å². The molecule has 2 rings (SSSR count). The van der Waals surface area contributed by atoms with Gasteiger partial charge in [0.15, 0.2) is 0 Å². The van der Waals surface area contributed by atoms with Crippen LogP contribution in [-0.4, -0.2) is 25.0 Å². The van der Waals surface area contributed by atoms with E-state index in [0.29, 0.717) is 25.7 Å². The van der Waals surface area contributed by atoms with Crippen LogP contribution in [0.15, 0.2) is 48.5 Å². The highest BCUT2D eigenvalue weighted by molar-refractivity contribution is 5.91. The number of hydrogen-bond acceptors (Lipinski definition) is 4. The number of anilines is 2. The lowest BCUT2D eigenvalue weighted by Gasteiger charge is -2.09. The molecule has 198 valence electrons. The third kappa shape index (κ3) is 13.2. The van der Waals surface area contributed by atoms with Gasteiger partial charge in [-0.1, -0.05) is 52.4 Å². The summed E-state index contributed by atoms with van der Waals surface area (Å²) in [4.78, 5) is 24.4. The highest BCUT2D eigenvalue weighted by Crippen LogP contribution is 2.18. The first-order valence-electron chi connectivity index (χ1n) is 13.7. The van der Waals surface area contributed by atoms with Gasteiger partial charge in [0.1, 0.15) is 11.5 Å². The molecular formula is C30H44N2O4. The Bertz CT molecular complexity index is 792. The summed E-state index contributed by atoms with van der Waals surface area (Å²) in [5, 5.41) is 5.81. The van der Waals surface area contributed by atoms with Gasteiger partial charge >= 0.3 is 0 Å². The Morgan fingerprint density at radius 1 is 0.556 bits per heavy atom. The van der Waals surface area contributed by atoms with E-state index in [4.69, 9.17) is 9.47 Å². The zero-order chi connectivity index (χ0) is 25.8. The summed E-state index contributed by atoms with van der Waals surface area (Å²) in [6.45, 7) is 5.83. The molecule has 0 spiro atoms. The Balaban J connectivity index is 1.56. The van der Waals surface area contributed by atoms with Gasteiger partial charge in [0.2, 0.25) is 11.8 Å². The van der Waals surface area contributed by atoms with Crippen molar-refractivity contribution in [3.05, 3.63) is 48.5 Å². The minimum absolute atomic E-state index is 0.0473. The molecule has 0 unspecified atom stereocenters. The predicted octanol–water partition coefficient (Wildman–Crippen LogP) is 7.74. The minimum atomic E-state index is -0.0473. The van der Waals surface area contributed by atoms with Gasteiger partial charge in [-0.15, -0.1) is 0 Å². The normalized spacial score (nSPS) is 10.6. The van der Waals surface area contributed by atoms with E-state index < -0.39 is 0 Å². The van der Waals surface area contributed by atoms with E-state index in [1.54, 1.807) is 0 Å². The van der Waals surface area contributed by atoms with Crippen LogP contribution in [0, 0.1) is 0 Å². The van der Waals surface area contributed by atoms with E-state index >= 15 is 0 Å². The molecule has 0 radical (unpaired) electrons. The highest BCUT2D eigenvalue weighted by Gasteiger charge is 2.06. The van der Waals surface area contributed by atoms with Gasteiger partial charge in [0.25, 0.3) is 0 Å². The number of hydrogen-bond donors (Lipinski definition) is 2. The zero-order valence-corrected chi connectivity index (χ0v) is 22.2. The first-order valence-corrected chi connectivity index (χ1v) is 13.7. The SMILES string of the molecule is CCCCCCOc1ccc(NC(=O)CCCCC(=O)Nc2ccc(OCCCCCC)cc2)cc1. The van der Waals surface area contributed by atoms with Crippen molar-refractivity contribution < 1.29 is 19.1 Å². The Kier molecular flexibility index (Phi) is 14.8. The van der Waals surface area contributed by atoms with Crippen molar-refractivity contribution in [2.24, 2.45) is 0 Å². The van der Waals surface area contributed by atoms with Gasteiger partial charge in [0, 0.05) is 24.2 Å². The Morgan fingerprint density at radius 2 is 0.944 bits per heavy atom. The molecule has 2 aromatic carbocycles. The molecule has 0 fully saturated rings. The summed E-state index contributed by atoms with van der Waals surface area (Å²) in [6, 6.07) is 15.0. The lowest BCUT2D eigenvalue weighted by molar-refractivity contribution is -0.118. The average molecular weight is 497 g/mol. The molecule has 2 N–H and O–H groups in total. The Labute approximate surface area is 217 Å². The van der Waals surface area contributed by atoms with Crippen LogP contribution in [-0.2, 0) is 9.59 Å². The summed E-state index contributed by atoms with van der Waals surface area (Å²) >= 11 is 0. The molecule has 2 aromatic rings. The fourth-order valence-electron chi connectivity index (χ4n) is 3.72. The largest absolute Gasteiger partial charge is 0.494 e. The fraction of sp³-hybridized carbons (Fsp3) is 0.533. The van der Waals surface area contributed by atoms with Crippen molar-refractivity contribution in [2.45, 2.75) is 90.9 Å². The number of carbonyl (C=O) groups is 2. The van der Waals surface area contributed by atoms with Crippen molar-refractivity contribution in [2.75, 3.05) is 23.8 Å². The monoisotopic (exact) mass is 496 g/mol. The molecule has 0 saturated heterocycles. The van der Waals surface area contributed by atoms with Crippen molar-refractivity contribution in [3.8, 4) is 11.5 Å². The predicted molar refractivity (Wildman–Crippen MR) is 148 cm³/mol. The van der Waals surface area contributed by atoms with Crippen LogP contribution in [0.1, 0.15) is 90.9 Å². The second kappa shape index (κ2) is 18.3. The second-order valence-electron chi connectivity index (χ2n) is 9.17. The van der Waals surface area contributed by atoms with E-state index in [1.165, 1.54) is 38.5 Å². The summed E-state index contributed by atoms with van der Waals surface area (Å²) in [5.41, 5.74) is 1.51. The quantitative estimate of drug-likeness (QED) is 0.195. The van der Waals surface area contributed by atoms with Gasteiger partial charge in [-0.3, -0.25) is 9.59 Å². The molecule has 0 atom stereocenters. The van der Waals surface area contributed by atoms with Crippen molar-refractivity contribution in [3.63, 3.8) is 0 Å². The van der Waals surface area contributed by atoms with Crippen LogP contribution in [0.3, 0.4) is 0 Å². The molecule has 0 aliphatic heterocycles. The molecule has 0 bridgehead atoms. The molecule has 0 saturated carbocycles. The van der Waals surface area contributed by atoms with E-state index in [-0.39, 0.29) is 11.8 Å². The number of ether oxygens (including phenoxy) is 2. The lowest BCUT2D eigenvalue weighted by atomic mass is 10.1. The molecule has 6 nitrogen and oxygen atoms in total. The van der Waals surface area contributed by atoms with Crippen LogP contribution in [0.2, 0.25) is 0 Å². The van der Waals surface area contributed by atoms with E-state index in [2.05, 4.69) is 24.5 Å². The molecule has 36 heavy (non-hydrogen) atoms. The summed E-state index contributed by atoms with van der Waals surface area (Å²) in [5.74, 6) is 1.54. The van der Waals surface area contributed by atoms with E-state index in [9.17, 15) is 9.59 Å². The molecular weight excluding hydrogens is 452 g/mol. The summed E-state index contributed by atoms with van der Waals surface area (Å²) in [7, 11) is 0. The van der Waals surface area contributed by atoms with Crippen LogP contribution >= 0.6 is 0 Å². The van der Waals surface area contributed by atoms with Crippen LogP contribution in [0.5, 0.6) is 11.5 Å². The van der Waals surface area contributed by atoms with Gasteiger partial charge in [-0.05, 0) is 74.2 Å². The smallest absolute Gasteiger partial charge is 0.224 e. The number of unbranched alkanes of at least 4 members (excludes halogenated alkanes) is 7. The first-order chi connectivity index (χ1) is 17.6. The Morgan fingerprint density at radius 3 is 1.31 bits per heavy atom. The highest BCUT2D eigenvalue weighted by atomic mass is 16.5. The van der Waals surface area contributed by atoms with E-state index in [1.807, 2.05) is 48.5 Å². The zero-order valence-electron chi connectivity index (χ0n) is 22.2. The number of nitrogens with one attached hydrogen (secondary N) is 2. The van der Waals surface area contributed by atoms with Crippen molar-refractivity contribution in [1.29, 1.82) is 0 Å². The van der Waals surface area contributed by atoms with Gasteiger partial charge in [0.05, 0.1) is 13.2 Å². The second-order valence-corrected chi connectivity index (χ2v) is 9.17. The number of benzene rings is 2. The maximum Gasteiger partial charge on any atom is 0.224 e. The third-order valence-electron chi connectivity index (χ3n) is 5.87.